The van der Waals surface area contributed by atoms with E-state index in [9.17, 15) is 10.0 Å². The van der Waals surface area contributed by atoms with Crippen LogP contribution in [0.5, 0.6) is 5.88 Å². The minimum absolute atomic E-state index is 0.00866. The van der Waals surface area contributed by atoms with Crippen LogP contribution < -0.4 is 0 Å². The van der Waals surface area contributed by atoms with Crippen molar-refractivity contribution in [2.45, 2.75) is 26.9 Å². The second-order valence-corrected chi connectivity index (χ2v) is 2.87. The quantitative estimate of drug-likeness (QED) is 0.602. The van der Waals surface area contributed by atoms with Crippen LogP contribution in [0.25, 0.3) is 0 Å². The lowest BCUT2D eigenvalue weighted by atomic mass is 10.6. The Morgan fingerprint density at radius 3 is 2.23 bits per heavy atom. The van der Waals surface area contributed by atoms with E-state index in [0.717, 1.165) is 0 Å². The van der Waals surface area contributed by atoms with Crippen LogP contribution in [-0.2, 0) is 13.1 Å². The molecule has 0 spiro atoms. The van der Waals surface area contributed by atoms with Gasteiger partial charge in [-0.15, -0.1) is 4.91 Å². The molecule has 0 fully saturated rings. The van der Waals surface area contributed by atoms with Gasteiger partial charge in [-0.1, -0.05) is 0 Å². The summed E-state index contributed by atoms with van der Waals surface area (Å²) in [7, 11) is 0. The molecule has 0 aliphatic carbocycles. The maximum Gasteiger partial charge on any atom is 0.241 e. The predicted octanol–water partition coefficient (Wildman–Crippen LogP) is 2.16. The second-order valence-electron chi connectivity index (χ2n) is 2.51. The number of aromatic hydroxyl groups is 1. The monoisotopic (exact) mass is 201 g/mol. The lowest BCUT2D eigenvalue weighted by Gasteiger charge is -1.96. The van der Waals surface area contributed by atoms with Crippen molar-refractivity contribution in [1.82, 2.24) is 9.13 Å². The molecule has 72 valence electrons. The number of hydrogen-bond donors (Lipinski definition) is 1. The molecule has 0 aromatic carbocycles. The van der Waals surface area contributed by atoms with Gasteiger partial charge in [0.05, 0.1) is 0 Å². The van der Waals surface area contributed by atoms with E-state index >= 15 is 0 Å². The van der Waals surface area contributed by atoms with Crippen LogP contribution in [0.2, 0.25) is 0 Å². The SMILES string of the molecule is CCn1c(O)c(N=O)n(CC)c1=S. The Labute approximate surface area is 80.6 Å². The average molecular weight is 201 g/mol. The van der Waals surface area contributed by atoms with E-state index in [1.54, 1.807) is 0 Å². The van der Waals surface area contributed by atoms with Gasteiger partial charge in [-0.2, -0.15) is 0 Å². The lowest BCUT2D eigenvalue weighted by Crippen LogP contribution is -1.97. The van der Waals surface area contributed by atoms with Gasteiger partial charge in [0.1, 0.15) is 0 Å². The van der Waals surface area contributed by atoms with Crippen molar-refractivity contribution >= 4 is 18.0 Å². The molecule has 5 nitrogen and oxygen atoms in total. The van der Waals surface area contributed by atoms with E-state index in [-0.39, 0.29) is 11.7 Å². The molecule has 0 unspecified atom stereocenters. The number of imidazole rings is 1. The van der Waals surface area contributed by atoms with Crippen molar-refractivity contribution in [1.29, 1.82) is 0 Å². The molecule has 0 aliphatic heterocycles. The van der Waals surface area contributed by atoms with E-state index in [1.165, 1.54) is 9.13 Å². The Kier molecular flexibility index (Phi) is 2.82. The van der Waals surface area contributed by atoms with Gasteiger partial charge in [0.15, 0.2) is 4.77 Å². The standard InChI is InChI=1S/C7H11N3O2S/c1-3-9-5(8-12)6(11)10(4-2)7(9)13/h11H,3-4H2,1-2H3. The smallest absolute Gasteiger partial charge is 0.241 e. The summed E-state index contributed by atoms with van der Waals surface area (Å²) in [6, 6.07) is 0. The first-order valence-corrected chi connectivity index (χ1v) is 4.43. The molecule has 1 heterocycles. The number of rotatable bonds is 3. The van der Waals surface area contributed by atoms with Crippen LogP contribution in [0.1, 0.15) is 13.8 Å². The first-order chi connectivity index (χ1) is 6.17. The van der Waals surface area contributed by atoms with Crippen molar-refractivity contribution < 1.29 is 5.11 Å². The molecule has 0 amide bonds. The van der Waals surface area contributed by atoms with Gasteiger partial charge in [0.2, 0.25) is 11.7 Å². The highest BCUT2D eigenvalue weighted by Crippen LogP contribution is 2.28. The van der Waals surface area contributed by atoms with Crippen molar-refractivity contribution in [3.63, 3.8) is 0 Å². The van der Waals surface area contributed by atoms with Crippen molar-refractivity contribution in [3.05, 3.63) is 9.68 Å². The Morgan fingerprint density at radius 1 is 1.38 bits per heavy atom. The Bertz CT molecular complexity index is 380. The fourth-order valence-corrected chi connectivity index (χ4v) is 1.66. The Hall–Kier alpha value is -1.17. The zero-order chi connectivity index (χ0) is 10.0. The van der Waals surface area contributed by atoms with E-state index in [4.69, 9.17) is 12.2 Å². The van der Waals surface area contributed by atoms with Crippen molar-refractivity contribution in [2.24, 2.45) is 5.18 Å². The van der Waals surface area contributed by atoms with Crippen molar-refractivity contribution in [3.8, 4) is 5.88 Å². The van der Waals surface area contributed by atoms with Gasteiger partial charge in [-0.05, 0) is 31.2 Å². The number of hydrogen-bond acceptors (Lipinski definition) is 4. The van der Waals surface area contributed by atoms with Crippen LogP contribution in [0, 0.1) is 9.68 Å². The lowest BCUT2D eigenvalue weighted by molar-refractivity contribution is 0.422. The average Bonchev–Trinajstić information content (AvgIpc) is 2.36. The molecule has 1 N–H and O–H groups in total. The highest BCUT2D eigenvalue weighted by molar-refractivity contribution is 7.71. The summed E-state index contributed by atoms with van der Waals surface area (Å²) in [5, 5.41) is 12.2. The van der Waals surface area contributed by atoms with Crippen LogP contribution in [0.4, 0.5) is 5.82 Å². The maximum absolute atomic E-state index is 10.4. The minimum Gasteiger partial charge on any atom is -0.492 e. The molecule has 0 saturated heterocycles. The Balaban J connectivity index is 3.51. The minimum atomic E-state index is -0.149. The number of aromatic nitrogens is 2. The van der Waals surface area contributed by atoms with Gasteiger partial charge >= 0.3 is 0 Å². The molecule has 0 saturated carbocycles. The van der Waals surface area contributed by atoms with E-state index < -0.39 is 0 Å². The molecular formula is C7H11N3O2S. The summed E-state index contributed by atoms with van der Waals surface area (Å²) in [5.74, 6) is -0.140. The first kappa shape index (κ1) is 9.91. The Morgan fingerprint density at radius 2 is 1.92 bits per heavy atom. The molecule has 0 atom stereocenters. The molecule has 6 heteroatoms. The van der Waals surface area contributed by atoms with Crippen LogP contribution in [0.15, 0.2) is 5.18 Å². The fourth-order valence-electron chi connectivity index (χ4n) is 1.23. The molecule has 1 aromatic rings. The third-order valence-electron chi connectivity index (χ3n) is 1.89. The van der Waals surface area contributed by atoms with Gasteiger partial charge < -0.3 is 5.11 Å². The van der Waals surface area contributed by atoms with Crippen LogP contribution in [0.3, 0.4) is 0 Å². The van der Waals surface area contributed by atoms with Crippen LogP contribution in [-0.4, -0.2) is 14.2 Å². The summed E-state index contributed by atoms with van der Waals surface area (Å²) in [4.78, 5) is 10.4. The third kappa shape index (κ3) is 1.37. The summed E-state index contributed by atoms with van der Waals surface area (Å²) < 4.78 is 3.40. The topological polar surface area (TPSA) is 59.5 Å². The highest BCUT2D eigenvalue weighted by Gasteiger charge is 2.15. The maximum atomic E-state index is 10.4. The summed E-state index contributed by atoms with van der Waals surface area (Å²) >= 11 is 5.03. The number of nitroso groups, excluding NO2 is 1. The zero-order valence-electron chi connectivity index (χ0n) is 7.52. The molecular weight excluding hydrogens is 190 g/mol. The van der Waals surface area contributed by atoms with E-state index in [1.807, 2.05) is 13.8 Å². The molecule has 13 heavy (non-hydrogen) atoms. The van der Waals surface area contributed by atoms with Crippen LogP contribution >= 0.6 is 12.2 Å². The largest absolute Gasteiger partial charge is 0.492 e. The molecule has 0 aliphatic rings. The normalized spacial score (nSPS) is 10.3. The molecule has 0 radical (unpaired) electrons. The molecule has 1 rings (SSSR count). The second kappa shape index (κ2) is 3.69. The van der Waals surface area contributed by atoms with Gasteiger partial charge in [0.25, 0.3) is 0 Å². The molecule has 1 aromatic heterocycles. The van der Waals surface area contributed by atoms with Gasteiger partial charge in [-0.25, -0.2) is 0 Å². The van der Waals surface area contributed by atoms with Crippen molar-refractivity contribution in [2.75, 3.05) is 0 Å². The number of nitrogens with zero attached hydrogens (tertiary/aromatic N) is 3. The summed E-state index contributed by atoms with van der Waals surface area (Å²) in [6.07, 6.45) is 0. The first-order valence-electron chi connectivity index (χ1n) is 4.03. The summed E-state index contributed by atoms with van der Waals surface area (Å²) in [6.45, 7) is 4.73. The molecule has 0 bridgehead atoms. The fraction of sp³-hybridized carbons (Fsp3) is 0.571. The van der Waals surface area contributed by atoms with E-state index in [0.29, 0.717) is 17.9 Å². The van der Waals surface area contributed by atoms with Gasteiger partial charge in [0, 0.05) is 13.1 Å². The third-order valence-corrected chi connectivity index (χ3v) is 2.33. The van der Waals surface area contributed by atoms with E-state index in [2.05, 4.69) is 5.18 Å². The summed E-state index contributed by atoms with van der Waals surface area (Å²) in [5.41, 5.74) is 0. The predicted molar refractivity (Wildman–Crippen MR) is 51.7 cm³/mol. The highest BCUT2D eigenvalue weighted by atomic mass is 32.1. The zero-order valence-corrected chi connectivity index (χ0v) is 8.34. The van der Waals surface area contributed by atoms with Gasteiger partial charge in [-0.3, -0.25) is 9.13 Å².